The minimum Gasteiger partial charge on any atom is -0.361 e. The Kier molecular flexibility index (Phi) is 4.58. The Hall–Kier alpha value is -1.61. The normalized spacial score (nSPS) is 22.7. The van der Waals surface area contributed by atoms with Crippen molar-refractivity contribution in [1.82, 2.24) is 10.3 Å². The van der Waals surface area contributed by atoms with Gasteiger partial charge in [-0.1, -0.05) is 25.1 Å². The van der Waals surface area contributed by atoms with Crippen LogP contribution < -0.4 is 5.32 Å². The first-order valence-corrected chi connectivity index (χ1v) is 8.80. The molecular weight excluding hydrogens is 284 g/mol. The number of rotatable bonds is 5. The van der Waals surface area contributed by atoms with Gasteiger partial charge in [-0.2, -0.15) is 0 Å². The van der Waals surface area contributed by atoms with E-state index in [4.69, 9.17) is 0 Å². The van der Waals surface area contributed by atoms with Crippen molar-refractivity contribution >= 4 is 16.7 Å². The zero-order chi connectivity index (χ0) is 16.4. The van der Waals surface area contributed by atoms with Gasteiger partial charge in [-0.15, -0.1) is 0 Å². The molecule has 0 spiro atoms. The molecule has 2 atom stereocenters. The number of carbonyl (C=O) groups is 1. The first-order chi connectivity index (χ1) is 11.0. The largest absolute Gasteiger partial charge is 0.361 e. The Morgan fingerprint density at radius 1 is 1.26 bits per heavy atom. The molecule has 0 aliphatic heterocycles. The van der Waals surface area contributed by atoms with Gasteiger partial charge in [0.25, 0.3) is 0 Å². The van der Waals surface area contributed by atoms with E-state index in [1.807, 2.05) is 0 Å². The summed E-state index contributed by atoms with van der Waals surface area (Å²) in [5.41, 5.74) is 2.58. The monoisotopic (exact) mass is 312 g/mol. The Bertz CT molecular complexity index is 686. The molecule has 2 N–H and O–H groups in total. The van der Waals surface area contributed by atoms with Crippen LogP contribution in [-0.2, 0) is 11.2 Å². The first kappa shape index (κ1) is 16.3. The Balaban J connectivity index is 1.58. The van der Waals surface area contributed by atoms with Crippen LogP contribution in [0.25, 0.3) is 10.9 Å². The van der Waals surface area contributed by atoms with Crippen LogP contribution in [0.15, 0.2) is 30.5 Å². The lowest BCUT2D eigenvalue weighted by Crippen LogP contribution is -2.49. The number of fused-ring (bicyclic) bond motifs is 1. The van der Waals surface area contributed by atoms with E-state index in [0.29, 0.717) is 11.7 Å². The number of ketones is 1. The van der Waals surface area contributed by atoms with E-state index in [0.717, 1.165) is 32.2 Å². The molecule has 3 heteroatoms. The molecule has 1 aromatic heterocycles. The molecule has 3 nitrogen and oxygen atoms in total. The Labute approximate surface area is 138 Å². The summed E-state index contributed by atoms with van der Waals surface area (Å²) in [6.45, 7) is 7.50. The lowest BCUT2D eigenvalue weighted by molar-refractivity contribution is -0.126. The van der Waals surface area contributed by atoms with Crippen molar-refractivity contribution in [2.75, 3.05) is 6.54 Å². The summed E-state index contributed by atoms with van der Waals surface area (Å²) >= 11 is 0. The SMILES string of the molecule is C[C@@H]1CC[C@@H](C(C)(C)NCCc2c[nH]c3ccccc23)CC1=O. The number of aromatic amines is 1. The van der Waals surface area contributed by atoms with Crippen LogP contribution in [0.5, 0.6) is 0 Å². The van der Waals surface area contributed by atoms with Gasteiger partial charge in [-0.05, 0) is 57.2 Å². The van der Waals surface area contributed by atoms with Crippen molar-refractivity contribution in [2.45, 2.75) is 52.0 Å². The van der Waals surface area contributed by atoms with Gasteiger partial charge in [0.1, 0.15) is 5.78 Å². The predicted molar refractivity (Wildman–Crippen MR) is 95.6 cm³/mol. The molecule has 1 saturated carbocycles. The summed E-state index contributed by atoms with van der Waals surface area (Å²) in [7, 11) is 0. The molecule has 0 saturated heterocycles. The van der Waals surface area contributed by atoms with Gasteiger partial charge >= 0.3 is 0 Å². The Morgan fingerprint density at radius 3 is 2.83 bits per heavy atom. The number of H-pyrrole nitrogens is 1. The fourth-order valence-corrected chi connectivity index (χ4v) is 3.78. The van der Waals surface area contributed by atoms with E-state index >= 15 is 0 Å². The van der Waals surface area contributed by atoms with Crippen LogP contribution in [0.4, 0.5) is 0 Å². The van der Waals surface area contributed by atoms with E-state index < -0.39 is 0 Å². The fourth-order valence-electron chi connectivity index (χ4n) is 3.78. The standard InChI is InChI=1S/C20H28N2O/c1-14-8-9-16(12-19(14)23)20(2,3)22-11-10-15-13-21-18-7-5-4-6-17(15)18/h4-7,13-14,16,21-22H,8-12H2,1-3H3/t14-,16-/m1/s1. The quantitative estimate of drug-likeness (QED) is 0.873. The van der Waals surface area contributed by atoms with E-state index in [1.165, 1.54) is 16.5 Å². The first-order valence-electron chi connectivity index (χ1n) is 8.80. The molecule has 3 rings (SSSR count). The maximum absolute atomic E-state index is 12.0. The second kappa shape index (κ2) is 6.48. The molecule has 1 aromatic carbocycles. The smallest absolute Gasteiger partial charge is 0.136 e. The average molecular weight is 312 g/mol. The second-order valence-electron chi connectivity index (χ2n) is 7.60. The zero-order valence-electron chi connectivity index (χ0n) is 14.5. The highest BCUT2D eigenvalue weighted by molar-refractivity contribution is 5.83. The van der Waals surface area contributed by atoms with Crippen molar-refractivity contribution in [3.05, 3.63) is 36.0 Å². The molecule has 0 unspecified atom stereocenters. The van der Waals surface area contributed by atoms with Crippen molar-refractivity contribution in [2.24, 2.45) is 11.8 Å². The third-order valence-electron chi connectivity index (χ3n) is 5.62. The van der Waals surface area contributed by atoms with Crippen molar-refractivity contribution in [3.63, 3.8) is 0 Å². The van der Waals surface area contributed by atoms with Gasteiger partial charge in [-0.3, -0.25) is 4.79 Å². The van der Waals surface area contributed by atoms with Crippen LogP contribution in [0.3, 0.4) is 0 Å². The molecule has 1 aliphatic rings. The van der Waals surface area contributed by atoms with E-state index in [1.54, 1.807) is 0 Å². The second-order valence-corrected chi connectivity index (χ2v) is 7.60. The van der Waals surface area contributed by atoms with Crippen LogP contribution in [-0.4, -0.2) is 22.9 Å². The third kappa shape index (κ3) is 3.50. The zero-order valence-corrected chi connectivity index (χ0v) is 14.5. The summed E-state index contributed by atoms with van der Waals surface area (Å²) < 4.78 is 0. The highest BCUT2D eigenvalue weighted by Gasteiger charge is 2.35. The van der Waals surface area contributed by atoms with Gasteiger partial charge in [0, 0.05) is 35.0 Å². The minimum absolute atomic E-state index is 0.0158. The maximum atomic E-state index is 12.0. The third-order valence-corrected chi connectivity index (χ3v) is 5.62. The lowest BCUT2D eigenvalue weighted by Gasteiger charge is -2.39. The number of aromatic nitrogens is 1. The summed E-state index contributed by atoms with van der Waals surface area (Å²) in [6, 6.07) is 8.44. The number of nitrogens with one attached hydrogen (secondary N) is 2. The summed E-state index contributed by atoms with van der Waals surface area (Å²) in [5.74, 6) is 1.15. The van der Waals surface area contributed by atoms with E-state index in [2.05, 4.69) is 61.5 Å². The highest BCUT2D eigenvalue weighted by Crippen LogP contribution is 2.33. The minimum atomic E-state index is 0.0158. The summed E-state index contributed by atoms with van der Waals surface area (Å²) in [5, 5.41) is 5.01. The average Bonchev–Trinajstić information content (AvgIpc) is 2.93. The molecule has 1 aliphatic carbocycles. The number of para-hydroxylation sites is 1. The predicted octanol–water partition coefficient (Wildman–Crippen LogP) is 4.08. The van der Waals surface area contributed by atoms with Gasteiger partial charge in [0.2, 0.25) is 0 Å². The van der Waals surface area contributed by atoms with Gasteiger partial charge in [0.05, 0.1) is 0 Å². The number of Topliss-reactive ketones (excluding diaryl/α,β-unsaturated/α-hetero) is 1. The molecule has 124 valence electrons. The number of hydrogen-bond acceptors (Lipinski definition) is 2. The molecule has 23 heavy (non-hydrogen) atoms. The molecule has 0 amide bonds. The van der Waals surface area contributed by atoms with Crippen LogP contribution in [0, 0.1) is 11.8 Å². The van der Waals surface area contributed by atoms with Crippen molar-refractivity contribution in [1.29, 1.82) is 0 Å². The summed E-state index contributed by atoms with van der Waals surface area (Å²) in [6.07, 6.45) is 6.04. The highest BCUT2D eigenvalue weighted by atomic mass is 16.1. The molecule has 1 heterocycles. The van der Waals surface area contributed by atoms with Crippen LogP contribution in [0.2, 0.25) is 0 Å². The number of benzene rings is 1. The molecule has 2 aromatic rings. The topological polar surface area (TPSA) is 44.9 Å². The van der Waals surface area contributed by atoms with Crippen molar-refractivity contribution < 1.29 is 4.79 Å². The van der Waals surface area contributed by atoms with E-state index in [-0.39, 0.29) is 11.5 Å². The fraction of sp³-hybridized carbons (Fsp3) is 0.550. The molecule has 0 bridgehead atoms. The Morgan fingerprint density at radius 2 is 2.04 bits per heavy atom. The van der Waals surface area contributed by atoms with Gasteiger partial charge in [-0.25, -0.2) is 0 Å². The summed E-state index contributed by atoms with van der Waals surface area (Å²) in [4.78, 5) is 15.4. The van der Waals surface area contributed by atoms with Crippen molar-refractivity contribution in [3.8, 4) is 0 Å². The molecule has 1 fully saturated rings. The van der Waals surface area contributed by atoms with Crippen LogP contribution in [0.1, 0.15) is 45.6 Å². The maximum Gasteiger partial charge on any atom is 0.136 e. The van der Waals surface area contributed by atoms with Gasteiger partial charge in [0.15, 0.2) is 0 Å². The van der Waals surface area contributed by atoms with Crippen LogP contribution >= 0.6 is 0 Å². The molecule has 0 radical (unpaired) electrons. The molecular formula is C20H28N2O. The lowest BCUT2D eigenvalue weighted by atomic mass is 9.73. The van der Waals surface area contributed by atoms with E-state index in [9.17, 15) is 4.79 Å². The van der Waals surface area contributed by atoms with Gasteiger partial charge < -0.3 is 10.3 Å². The number of carbonyl (C=O) groups excluding carboxylic acids is 1. The number of hydrogen-bond donors (Lipinski definition) is 2.